The first-order valence-electron chi connectivity index (χ1n) is 10.7. The van der Waals surface area contributed by atoms with Gasteiger partial charge in [-0.1, -0.05) is 37.7 Å². The summed E-state index contributed by atoms with van der Waals surface area (Å²) in [5.74, 6) is 3.41. The van der Waals surface area contributed by atoms with Crippen molar-refractivity contribution in [3.63, 3.8) is 0 Å². The van der Waals surface area contributed by atoms with Gasteiger partial charge in [-0.25, -0.2) is 0 Å². The molecule has 0 aromatic rings. The Balaban J connectivity index is 1.50. The van der Waals surface area contributed by atoms with Crippen LogP contribution in [0.25, 0.3) is 0 Å². The van der Waals surface area contributed by atoms with Crippen LogP contribution in [0.2, 0.25) is 24.2 Å². The van der Waals surface area contributed by atoms with Gasteiger partial charge in [0.25, 0.3) is 0 Å². The van der Waals surface area contributed by atoms with Gasteiger partial charge >= 0.3 is 0 Å². The van der Waals surface area contributed by atoms with E-state index in [1.807, 2.05) is 0 Å². The van der Waals surface area contributed by atoms with Crippen molar-refractivity contribution in [2.24, 2.45) is 23.7 Å². The molecule has 5 rings (SSSR count). The molecule has 3 aliphatic heterocycles. The average molecular weight is 435 g/mol. The van der Waals surface area contributed by atoms with Gasteiger partial charge in [-0.15, -0.1) is 35.3 Å². The first kappa shape index (κ1) is 19.5. The Bertz CT molecular complexity index is 732. The van der Waals surface area contributed by atoms with Gasteiger partial charge in [-0.3, -0.25) is 0 Å². The van der Waals surface area contributed by atoms with Crippen LogP contribution in [0, 0.1) is 23.7 Å². The molecule has 0 saturated heterocycles. The highest BCUT2D eigenvalue weighted by atomic mass is 32.2. The van der Waals surface area contributed by atoms with Crippen LogP contribution in [0.3, 0.4) is 0 Å². The van der Waals surface area contributed by atoms with Crippen molar-refractivity contribution in [1.29, 1.82) is 0 Å². The van der Waals surface area contributed by atoms with Crippen molar-refractivity contribution in [2.45, 2.75) is 81.0 Å². The van der Waals surface area contributed by atoms with E-state index in [0.29, 0.717) is 0 Å². The number of thioether (sulfide) groups is 3. The van der Waals surface area contributed by atoms with E-state index in [0.717, 1.165) is 50.5 Å². The minimum Gasteiger partial charge on any atom is -0.127 e. The molecule has 8 atom stereocenters. The molecule has 4 heteroatoms. The zero-order valence-electron chi connectivity index (χ0n) is 17.8. The zero-order valence-corrected chi connectivity index (χ0v) is 21.2. The summed E-state index contributed by atoms with van der Waals surface area (Å²) >= 11 is 6.77. The number of fused-ring (bicyclic) bond motifs is 4. The highest BCUT2D eigenvalue weighted by molar-refractivity contribution is 8.05. The van der Waals surface area contributed by atoms with Crippen molar-refractivity contribution in [3.05, 3.63) is 32.4 Å². The molecule has 0 spiro atoms. The Labute approximate surface area is 179 Å². The molecule has 0 aromatic heterocycles. The van der Waals surface area contributed by atoms with E-state index in [1.165, 1.54) is 6.42 Å². The van der Waals surface area contributed by atoms with Gasteiger partial charge < -0.3 is 0 Å². The fourth-order valence-electron chi connectivity index (χ4n) is 7.49. The molecule has 2 fully saturated rings. The Morgan fingerprint density at radius 3 is 1.93 bits per heavy atom. The van der Waals surface area contributed by atoms with Crippen LogP contribution in [-0.2, 0) is 0 Å². The standard InChI is InChI=1S/C23H34S3Si/c1-11-8-16-14(4)15(5)26-19(16)22(11)27(6,7)23-20-17(9-12(2)24-20)18-10-13(3)25-21(18)23/h9-11,16-23H,8H2,1-7H3. The molecule has 27 heavy (non-hydrogen) atoms. The van der Waals surface area contributed by atoms with Crippen molar-refractivity contribution in [2.75, 3.05) is 0 Å². The van der Waals surface area contributed by atoms with Gasteiger partial charge in [-0.05, 0) is 83.6 Å². The average Bonchev–Trinajstić information content (AvgIpc) is 3.30. The molecule has 5 aliphatic rings. The molecular weight excluding hydrogens is 401 g/mol. The highest BCUT2D eigenvalue weighted by Crippen LogP contribution is 2.69. The predicted molar refractivity (Wildman–Crippen MR) is 129 cm³/mol. The predicted octanol–water partition coefficient (Wildman–Crippen LogP) is 7.78. The monoisotopic (exact) mass is 434 g/mol. The summed E-state index contributed by atoms with van der Waals surface area (Å²) in [7, 11) is -1.43. The number of rotatable bonds is 2. The van der Waals surface area contributed by atoms with Crippen LogP contribution >= 0.6 is 35.3 Å². The van der Waals surface area contributed by atoms with Crippen LogP contribution < -0.4 is 0 Å². The van der Waals surface area contributed by atoms with Gasteiger partial charge in [0.05, 0.1) is 8.07 Å². The molecule has 2 saturated carbocycles. The summed E-state index contributed by atoms with van der Waals surface area (Å²) in [6.45, 7) is 17.7. The normalized spacial score (nSPS) is 48.6. The van der Waals surface area contributed by atoms with Gasteiger partial charge in [0.2, 0.25) is 0 Å². The second-order valence-corrected chi connectivity index (χ2v) is 19.6. The van der Waals surface area contributed by atoms with Crippen molar-refractivity contribution >= 4 is 43.4 Å². The molecule has 0 amide bonds. The van der Waals surface area contributed by atoms with E-state index in [9.17, 15) is 0 Å². The van der Waals surface area contributed by atoms with E-state index < -0.39 is 8.07 Å². The third-order valence-corrected chi connectivity index (χ3v) is 18.7. The Hall–Kier alpha value is 0.487. The molecule has 0 radical (unpaired) electrons. The molecule has 0 nitrogen and oxygen atoms in total. The van der Waals surface area contributed by atoms with E-state index >= 15 is 0 Å². The van der Waals surface area contributed by atoms with Crippen LogP contribution in [0.5, 0.6) is 0 Å². The molecule has 0 bridgehead atoms. The minimum atomic E-state index is -1.43. The summed E-state index contributed by atoms with van der Waals surface area (Å²) in [5.41, 5.74) is 3.66. The first-order valence-corrected chi connectivity index (χ1v) is 16.5. The van der Waals surface area contributed by atoms with E-state index in [2.05, 4.69) is 95.2 Å². The Kier molecular flexibility index (Phi) is 4.68. The van der Waals surface area contributed by atoms with Crippen LogP contribution in [0.1, 0.15) is 41.0 Å². The zero-order chi connectivity index (χ0) is 19.2. The third kappa shape index (κ3) is 2.71. The SMILES string of the molecule is CC1=CC2C3C=C(C)SC3C([Si](C)(C)C3C(C)CC4C(C)=C(C)SC43)C2S1. The molecular formula is C23H34S3Si. The van der Waals surface area contributed by atoms with Crippen molar-refractivity contribution in [3.8, 4) is 0 Å². The van der Waals surface area contributed by atoms with Gasteiger partial charge in [-0.2, -0.15) is 0 Å². The lowest BCUT2D eigenvalue weighted by atomic mass is 9.95. The maximum atomic E-state index is 2.80. The van der Waals surface area contributed by atoms with Crippen LogP contribution in [0.4, 0.5) is 0 Å². The van der Waals surface area contributed by atoms with Gasteiger partial charge in [0.1, 0.15) is 0 Å². The highest BCUT2D eigenvalue weighted by Gasteiger charge is 2.63. The molecule has 0 aromatic carbocycles. The summed E-state index contributed by atoms with van der Waals surface area (Å²) in [5, 5.41) is 2.62. The fraction of sp³-hybridized carbons (Fsp3) is 0.739. The van der Waals surface area contributed by atoms with E-state index in [4.69, 9.17) is 0 Å². The second kappa shape index (κ2) is 6.49. The lowest BCUT2D eigenvalue weighted by Gasteiger charge is -2.45. The maximum Gasteiger partial charge on any atom is 0.0575 e. The van der Waals surface area contributed by atoms with Crippen LogP contribution in [0.15, 0.2) is 32.4 Å². The summed E-state index contributed by atoms with van der Waals surface area (Å²) in [4.78, 5) is 4.85. The lowest BCUT2D eigenvalue weighted by molar-refractivity contribution is 0.562. The Morgan fingerprint density at radius 1 is 0.815 bits per heavy atom. The molecule has 2 aliphatic carbocycles. The van der Waals surface area contributed by atoms with Crippen molar-refractivity contribution < 1.29 is 0 Å². The van der Waals surface area contributed by atoms with Gasteiger partial charge in [0.15, 0.2) is 0 Å². The molecule has 3 heterocycles. The smallest absolute Gasteiger partial charge is 0.0575 e. The topological polar surface area (TPSA) is 0 Å². The maximum absolute atomic E-state index is 2.80. The van der Waals surface area contributed by atoms with E-state index in [-0.39, 0.29) is 0 Å². The summed E-state index contributed by atoms with van der Waals surface area (Å²) < 4.78 is 0. The third-order valence-electron chi connectivity index (χ3n) is 8.54. The Morgan fingerprint density at radius 2 is 1.37 bits per heavy atom. The van der Waals surface area contributed by atoms with Gasteiger partial charge in [0, 0.05) is 15.7 Å². The fourth-order valence-corrected chi connectivity index (χ4v) is 21.1. The van der Waals surface area contributed by atoms with Crippen LogP contribution in [-0.4, -0.2) is 23.8 Å². The number of hydrogen-bond acceptors (Lipinski definition) is 3. The first-order chi connectivity index (χ1) is 12.7. The summed E-state index contributed by atoms with van der Waals surface area (Å²) in [6.07, 6.45) is 6.74. The molecule has 0 N–H and O–H groups in total. The number of hydrogen-bond donors (Lipinski definition) is 0. The van der Waals surface area contributed by atoms with Crippen molar-refractivity contribution in [1.82, 2.24) is 0 Å². The molecule has 8 unspecified atom stereocenters. The second-order valence-electron chi connectivity index (χ2n) is 10.4. The number of allylic oxidation sites excluding steroid dienone is 6. The minimum absolute atomic E-state index is 0.812. The quantitative estimate of drug-likeness (QED) is 0.407. The van der Waals surface area contributed by atoms with E-state index in [1.54, 1.807) is 20.3 Å². The summed E-state index contributed by atoms with van der Waals surface area (Å²) in [6, 6.07) is 0. The lowest BCUT2D eigenvalue weighted by Crippen LogP contribution is -2.48. The molecule has 148 valence electrons. The largest absolute Gasteiger partial charge is 0.127 e.